The van der Waals surface area contributed by atoms with Crippen molar-refractivity contribution >= 4 is 44.9 Å². The summed E-state index contributed by atoms with van der Waals surface area (Å²) in [5.41, 5.74) is 4.81. The van der Waals surface area contributed by atoms with Gasteiger partial charge < -0.3 is 10.3 Å². The average Bonchev–Trinajstić information content (AvgIpc) is 3.06. The van der Waals surface area contributed by atoms with Gasteiger partial charge in [0, 0.05) is 16.1 Å². The molecule has 2 heterocycles. The van der Waals surface area contributed by atoms with Gasteiger partial charge >= 0.3 is 0 Å². The number of thiophene rings is 1. The number of nitrogens with one attached hydrogen (secondary N) is 2. The smallest absolute Gasteiger partial charge is 0.260 e. The molecule has 0 saturated heterocycles. The number of carbonyl (C=O) groups is 1. The monoisotopic (exact) mass is 435 g/mol. The fraction of sp³-hybridized carbons (Fsp3) is 0.174. The Balaban J connectivity index is 1.53. The Kier molecular flexibility index (Phi) is 5.74. The number of anilines is 1. The molecule has 2 aromatic heterocycles. The van der Waals surface area contributed by atoms with Crippen molar-refractivity contribution in [2.75, 3.05) is 11.1 Å². The van der Waals surface area contributed by atoms with E-state index >= 15 is 0 Å². The molecule has 152 valence electrons. The number of carbonyl (C=O) groups excluding carboxylic acids is 1. The van der Waals surface area contributed by atoms with Gasteiger partial charge in [0.25, 0.3) is 5.56 Å². The zero-order valence-electron chi connectivity index (χ0n) is 16.9. The molecule has 0 spiro atoms. The van der Waals surface area contributed by atoms with Crippen LogP contribution in [0.2, 0.25) is 0 Å². The SMILES string of the molecule is Cc1ccc(NC(=O)CSc2nc3sc(C)c(-c4ccccc4)c3c(=O)[nH]2)cc1C. The molecule has 0 saturated carbocycles. The van der Waals surface area contributed by atoms with E-state index in [2.05, 4.69) is 15.3 Å². The fourth-order valence-electron chi connectivity index (χ4n) is 3.27. The number of fused-ring (bicyclic) bond motifs is 1. The third kappa shape index (κ3) is 4.17. The molecule has 2 aromatic carbocycles. The molecule has 4 rings (SSSR count). The van der Waals surface area contributed by atoms with E-state index in [1.165, 1.54) is 28.7 Å². The van der Waals surface area contributed by atoms with Crippen molar-refractivity contribution < 1.29 is 4.79 Å². The number of benzene rings is 2. The molecular formula is C23H21N3O2S2. The summed E-state index contributed by atoms with van der Waals surface area (Å²) in [5, 5.41) is 3.94. The first kappa shape index (κ1) is 20.4. The van der Waals surface area contributed by atoms with E-state index in [9.17, 15) is 9.59 Å². The van der Waals surface area contributed by atoms with Crippen LogP contribution in [-0.2, 0) is 4.79 Å². The number of aryl methyl sites for hydroxylation is 3. The van der Waals surface area contributed by atoms with Gasteiger partial charge in [0.05, 0.1) is 11.1 Å². The van der Waals surface area contributed by atoms with Crippen LogP contribution in [0.3, 0.4) is 0 Å². The predicted octanol–water partition coefficient (Wildman–Crippen LogP) is 5.31. The number of hydrogen-bond acceptors (Lipinski definition) is 5. The maximum atomic E-state index is 12.8. The van der Waals surface area contributed by atoms with Crippen molar-refractivity contribution in [1.82, 2.24) is 9.97 Å². The van der Waals surface area contributed by atoms with Crippen molar-refractivity contribution in [3.63, 3.8) is 0 Å². The molecule has 0 fully saturated rings. The minimum absolute atomic E-state index is 0.140. The first-order valence-corrected chi connectivity index (χ1v) is 11.3. The van der Waals surface area contributed by atoms with E-state index in [-0.39, 0.29) is 17.2 Å². The number of hydrogen-bond donors (Lipinski definition) is 2. The number of nitrogens with zero attached hydrogens (tertiary/aromatic N) is 1. The first-order valence-electron chi connectivity index (χ1n) is 9.51. The van der Waals surface area contributed by atoms with Crippen LogP contribution >= 0.6 is 23.1 Å². The lowest BCUT2D eigenvalue weighted by Crippen LogP contribution is -2.15. The van der Waals surface area contributed by atoms with Gasteiger partial charge in [-0.3, -0.25) is 9.59 Å². The highest BCUT2D eigenvalue weighted by molar-refractivity contribution is 7.99. The Morgan fingerprint density at radius 2 is 1.87 bits per heavy atom. The third-order valence-electron chi connectivity index (χ3n) is 4.91. The molecular weight excluding hydrogens is 414 g/mol. The quantitative estimate of drug-likeness (QED) is 0.329. The molecule has 4 aromatic rings. The second-order valence-electron chi connectivity index (χ2n) is 7.09. The summed E-state index contributed by atoms with van der Waals surface area (Å²) in [6.45, 7) is 6.04. The molecule has 0 atom stereocenters. The number of H-pyrrole nitrogens is 1. The Labute approximate surface area is 182 Å². The van der Waals surface area contributed by atoms with E-state index in [1.807, 2.05) is 69.3 Å². The van der Waals surface area contributed by atoms with Crippen molar-refractivity contribution in [3.8, 4) is 11.1 Å². The Morgan fingerprint density at radius 1 is 1.10 bits per heavy atom. The Morgan fingerprint density at radius 3 is 2.60 bits per heavy atom. The Hall–Kier alpha value is -2.90. The molecule has 2 N–H and O–H groups in total. The topological polar surface area (TPSA) is 74.8 Å². The molecule has 30 heavy (non-hydrogen) atoms. The number of rotatable bonds is 5. The highest BCUT2D eigenvalue weighted by Gasteiger charge is 2.17. The number of aromatic amines is 1. The van der Waals surface area contributed by atoms with Gasteiger partial charge in [-0.05, 0) is 49.6 Å². The van der Waals surface area contributed by atoms with E-state index in [0.29, 0.717) is 15.4 Å². The van der Waals surface area contributed by atoms with E-state index < -0.39 is 0 Å². The lowest BCUT2D eigenvalue weighted by Gasteiger charge is -2.07. The summed E-state index contributed by atoms with van der Waals surface area (Å²) in [6, 6.07) is 15.7. The van der Waals surface area contributed by atoms with Crippen LogP contribution in [0.4, 0.5) is 5.69 Å². The zero-order chi connectivity index (χ0) is 21.3. The van der Waals surface area contributed by atoms with Gasteiger partial charge in [-0.25, -0.2) is 4.98 Å². The molecule has 0 aliphatic carbocycles. The molecule has 0 unspecified atom stereocenters. The summed E-state index contributed by atoms with van der Waals surface area (Å²) in [5.74, 6) is 0.0235. The Bertz CT molecular complexity index is 1290. The molecule has 7 heteroatoms. The largest absolute Gasteiger partial charge is 0.325 e. The molecule has 0 radical (unpaired) electrons. The van der Waals surface area contributed by atoms with Crippen LogP contribution in [0, 0.1) is 20.8 Å². The van der Waals surface area contributed by atoms with Crippen LogP contribution in [0.15, 0.2) is 58.5 Å². The number of aromatic nitrogens is 2. The van der Waals surface area contributed by atoms with Crippen LogP contribution in [0.1, 0.15) is 16.0 Å². The summed E-state index contributed by atoms with van der Waals surface area (Å²) < 4.78 is 0. The zero-order valence-corrected chi connectivity index (χ0v) is 18.5. The minimum atomic E-state index is -0.180. The van der Waals surface area contributed by atoms with Gasteiger partial charge in [-0.2, -0.15) is 0 Å². The highest BCUT2D eigenvalue weighted by Crippen LogP contribution is 2.35. The summed E-state index contributed by atoms with van der Waals surface area (Å²) in [7, 11) is 0. The normalized spacial score (nSPS) is 11.0. The lowest BCUT2D eigenvalue weighted by atomic mass is 10.0. The second-order valence-corrected chi connectivity index (χ2v) is 9.25. The van der Waals surface area contributed by atoms with Gasteiger partial charge in [0.1, 0.15) is 4.83 Å². The summed E-state index contributed by atoms with van der Waals surface area (Å²) >= 11 is 2.72. The fourth-order valence-corrected chi connectivity index (χ4v) is 5.03. The van der Waals surface area contributed by atoms with Crippen LogP contribution < -0.4 is 10.9 Å². The van der Waals surface area contributed by atoms with Crippen molar-refractivity contribution in [1.29, 1.82) is 0 Å². The van der Waals surface area contributed by atoms with Gasteiger partial charge in [0.2, 0.25) is 5.91 Å². The summed E-state index contributed by atoms with van der Waals surface area (Å²) in [4.78, 5) is 34.3. The van der Waals surface area contributed by atoms with E-state index in [4.69, 9.17) is 0 Å². The van der Waals surface area contributed by atoms with Crippen LogP contribution in [0.5, 0.6) is 0 Å². The highest BCUT2D eigenvalue weighted by atomic mass is 32.2. The van der Waals surface area contributed by atoms with Crippen LogP contribution in [0.25, 0.3) is 21.3 Å². The molecule has 0 bridgehead atoms. The van der Waals surface area contributed by atoms with Crippen molar-refractivity contribution in [2.45, 2.75) is 25.9 Å². The van der Waals surface area contributed by atoms with Gasteiger partial charge in [-0.1, -0.05) is 48.2 Å². The van der Waals surface area contributed by atoms with Crippen LogP contribution in [-0.4, -0.2) is 21.6 Å². The molecule has 1 amide bonds. The van der Waals surface area contributed by atoms with E-state index in [0.717, 1.165) is 27.3 Å². The second kappa shape index (κ2) is 8.45. The third-order valence-corrected chi connectivity index (χ3v) is 6.78. The number of thioether (sulfide) groups is 1. The maximum Gasteiger partial charge on any atom is 0.260 e. The van der Waals surface area contributed by atoms with E-state index in [1.54, 1.807) is 0 Å². The molecule has 5 nitrogen and oxygen atoms in total. The standard InChI is InChI=1S/C23H21N3O2S2/c1-13-9-10-17(11-14(13)2)24-18(27)12-29-23-25-21(28)20-19(15(3)30-22(20)26-23)16-7-5-4-6-8-16/h4-11H,12H2,1-3H3,(H,24,27)(H,25,26,28). The predicted molar refractivity (Wildman–Crippen MR) is 126 cm³/mol. The molecule has 0 aliphatic rings. The van der Waals surface area contributed by atoms with Crippen molar-refractivity contribution in [3.05, 3.63) is 74.9 Å². The van der Waals surface area contributed by atoms with Crippen molar-refractivity contribution in [2.24, 2.45) is 0 Å². The van der Waals surface area contributed by atoms with Gasteiger partial charge in [0.15, 0.2) is 5.16 Å². The van der Waals surface area contributed by atoms with Gasteiger partial charge in [-0.15, -0.1) is 11.3 Å². The first-order chi connectivity index (χ1) is 14.4. The maximum absolute atomic E-state index is 12.8. The summed E-state index contributed by atoms with van der Waals surface area (Å²) in [6.07, 6.45) is 0. The number of amides is 1. The minimum Gasteiger partial charge on any atom is -0.325 e. The lowest BCUT2D eigenvalue weighted by molar-refractivity contribution is -0.113. The average molecular weight is 436 g/mol. The molecule has 0 aliphatic heterocycles.